The first-order valence-corrected chi connectivity index (χ1v) is 8.39. The number of hydrogen-bond acceptors (Lipinski definition) is 4. The van der Waals surface area contributed by atoms with Crippen LogP contribution in [0.5, 0.6) is 11.5 Å². The van der Waals surface area contributed by atoms with Gasteiger partial charge in [0.1, 0.15) is 12.4 Å². The number of nitrogens with zero attached hydrogens (tertiary/aromatic N) is 1. The Balaban J connectivity index is 1.70. The second-order valence-corrected chi connectivity index (χ2v) is 5.79. The number of rotatable bonds is 8. The summed E-state index contributed by atoms with van der Waals surface area (Å²) < 4.78 is 25.2. The van der Waals surface area contributed by atoms with Gasteiger partial charge >= 0.3 is 0 Å². The quantitative estimate of drug-likeness (QED) is 0.663. The summed E-state index contributed by atoms with van der Waals surface area (Å²) in [6.45, 7) is 1.46. The first-order valence-electron chi connectivity index (χ1n) is 8.39. The van der Waals surface area contributed by atoms with E-state index in [1.807, 2.05) is 30.3 Å². The second-order valence-electron chi connectivity index (χ2n) is 5.79. The molecule has 2 aromatic carbocycles. The van der Waals surface area contributed by atoms with Crippen molar-refractivity contribution in [1.29, 1.82) is 0 Å². The van der Waals surface area contributed by atoms with E-state index in [0.717, 1.165) is 11.1 Å². The zero-order valence-corrected chi connectivity index (χ0v) is 14.6. The lowest BCUT2D eigenvalue weighted by Crippen LogP contribution is -2.14. The first kappa shape index (κ1) is 17.9. The molecule has 0 saturated heterocycles. The van der Waals surface area contributed by atoms with E-state index >= 15 is 0 Å². The van der Waals surface area contributed by atoms with Crippen molar-refractivity contribution in [1.82, 2.24) is 10.3 Å². The lowest BCUT2D eigenvalue weighted by atomic mass is 10.1. The summed E-state index contributed by atoms with van der Waals surface area (Å²) in [6.07, 6.45) is 3.54. The molecule has 0 amide bonds. The van der Waals surface area contributed by atoms with Crippen LogP contribution in [0, 0.1) is 5.82 Å². The molecule has 0 atom stereocenters. The average Bonchev–Trinajstić information content (AvgIpc) is 2.68. The van der Waals surface area contributed by atoms with Crippen molar-refractivity contribution in [3.63, 3.8) is 0 Å². The highest BCUT2D eigenvalue weighted by Crippen LogP contribution is 2.32. The third-order valence-electron chi connectivity index (χ3n) is 4.00. The minimum Gasteiger partial charge on any atom is -0.493 e. The molecule has 0 saturated carbocycles. The Bertz CT molecular complexity index is 840. The topological polar surface area (TPSA) is 43.4 Å². The highest BCUT2D eigenvalue weighted by atomic mass is 19.1. The van der Waals surface area contributed by atoms with Gasteiger partial charge in [0.2, 0.25) is 0 Å². The van der Waals surface area contributed by atoms with Crippen molar-refractivity contribution < 1.29 is 13.9 Å². The molecular formula is C21H21FN2O2. The Morgan fingerprint density at radius 3 is 2.46 bits per heavy atom. The number of hydrogen-bond donors (Lipinski definition) is 1. The average molecular weight is 352 g/mol. The van der Waals surface area contributed by atoms with Crippen LogP contribution in [0.15, 0.2) is 67.0 Å². The van der Waals surface area contributed by atoms with Crippen LogP contribution >= 0.6 is 0 Å². The molecule has 1 heterocycles. The van der Waals surface area contributed by atoms with Crippen molar-refractivity contribution in [3.8, 4) is 11.5 Å². The smallest absolute Gasteiger partial charge is 0.166 e. The number of ether oxygens (including phenoxy) is 2. The number of nitrogens with one attached hydrogen (secondary N) is 1. The molecule has 0 radical (unpaired) electrons. The molecule has 134 valence electrons. The summed E-state index contributed by atoms with van der Waals surface area (Å²) >= 11 is 0. The molecule has 0 aliphatic rings. The van der Waals surface area contributed by atoms with E-state index in [0.29, 0.717) is 30.2 Å². The Morgan fingerprint density at radius 1 is 0.923 bits per heavy atom. The van der Waals surface area contributed by atoms with E-state index in [-0.39, 0.29) is 12.4 Å². The normalized spacial score (nSPS) is 10.5. The highest BCUT2D eigenvalue weighted by molar-refractivity contribution is 5.46. The van der Waals surface area contributed by atoms with Gasteiger partial charge in [-0.3, -0.25) is 4.98 Å². The molecule has 5 heteroatoms. The van der Waals surface area contributed by atoms with Gasteiger partial charge in [-0.1, -0.05) is 30.3 Å². The number of aromatic nitrogens is 1. The van der Waals surface area contributed by atoms with Gasteiger partial charge in [0.05, 0.1) is 7.11 Å². The second kappa shape index (κ2) is 8.97. The number of pyridine rings is 1. The molecule has 1 N–H and O–H groups in total. The van der Waals surface area contributed by atoms with Crippen molar-refractivity contribution in [2.24, 2.45) is 0 Å². The summed E-state index contributed by atoms with van der Waals surface area (Å²) in [4.78, 5) is 4.01. The molecule has 1 aromatic heterocycles. The molecule has 26 heavy (non-hydrogen) atoms. The van der Waals surface area contributed by atoms with Crippen LogP contribution < -0.4 is 14.8 Å². The van der Waals surface area contributed by atoms with Gasteiger partial charge < -0.3 is 14.8 Å². The Kier molecular flexibility index (Phi) is 6.17. The van der Waals surface area contributed by atoms with Crippen LogP contribution in [0.3, 0.4) is 0 Å². The lowest BCUT2D eigenvalue weighted by molar-refractivity contribution is 0.276. The van der Waals surface area contributed by atoms with Crippen LogP contribution in [0.1, 0.15) is 16.7 Å². The molecule has 0 aliphatic heterocycles. The van der Waals surface area contributed by atoms with E-state index in [4.69, 9.17) is 9.47 Å². The molecule has 4 nitrogen and oxygen atoms in total. The zero-order valence-electron chi connectivity index (χ0n) is 14.6. The van der Waals surface area contributed by atoms with E-state index in [1.165, 1.54) is 6.07 Å². The van der Waals surface area contributed by atoms with Crippen LogP contribution in [-0.2, 0) is 19.7 Å². The number of benzene rings is 2. The monoisotopic (exact) mass is 352 g/mol. The first-order chi connectivity index (χ1) is 12.8. The van der Waals surface area contributed by atoms with Crippen LogP contribution in [-0.4, -0.2) is 12.1 Å². The Hall–Kier alpha value is -2.92. The van der Waals surface area contributed by atoms with Crippen LogP contribution in [0.2, 0.25) is 0 Å². The van der Waals surface area contributed by atoms with Gasteiger partial charge in [-0.25, -0.2) is 4.39 Å². The maximum Gasteiger partial charge on any atom is 0.166 e. The fourth-order valence-corrected chi connectivity index (χ4v) is 2.63. The number of methoxy groups -OCH3 is 1. The van der Waals surface area contributed by atoms with Gasteiger partial charge in [-0.15, -0.1) is 0 Å². The SMILES string of the molecule is COc1cccc(CNCc2ccncc2)c1OCc1ccccc1F. The number of para-hydroxylation sites is 1. The largest absolute Gasteiger partial charge is 0.493 e. The summed E-state index contributed by atoms with van der Waals surface area (Å²) in [5.74, 6) is 0.977. The molecule has 3 rings (SSSR count). The summed E-state index contributed by atoms with van der Waals surface area (Å²) in [6, 6.07) is 16.3. The van der Waals surface area contributed by atoms with E-state index in [1.54, 1.807) is 37.7 Å². The fraction of sp³-hybridized carbons (Fsp3) is 0.190. The summed E-state index contributed by atoms with van der Waals surface area (Å²) in [7, 11) is 1.60. The van der Waals surface area contributed by atoms with Gasteiger partial charge in [0.15, 0.2) is 11.5 Å². The maximum atomic E-state index is 13.8. The predicted octanol–water partition coefficient (Wildman–Crippen LogP) is 4.10. The minimum absolute atomic E-state index is 0.143. The van der Waals surface area contributed by atoms with Gasteiger partial charge in [-0.05, 0) is 29.8 Å². The molecule has 0 spiro atoms. The highest BCUT2D eigenvalue weighted by Gasteiger charge is 2.12. The van der Waals surface area contributed by atoms with E-state index in [9.17, 15) is 4.39 Å². The molecule has 0 unspecified atom stereocenters. The molecular weight excluding hydrogens is 331 g/mol. The third kappa shape index (κ3) is 4.58. The summed E-state index contributed by atoms with van der Waals surface area (Å²) in [5, 5.41) is 3.38. The van der Waals surface area contributed by atoms with Crippen molar-refractivity contribution in [3.05, 3.63) is 89.5 Å². The lowest BCUT2D eigenvalue weighted by Gasteiger charge is -2.16. The van der Waals surface area contributed by atoms with Gasteiger partial charge in [0, 0.05) is 36.6 Å². The zero-order chi connectivity index (χ0) is 18.2. The fourth-order valence-electron chi connectivity index (χ4n) is 2.63. The molecule has 0 fully saturated rings. The number of halogens is 1. The van der Waals surface area contributed by atoms with Gasteiger partial charge in [-0.2, -0.15) is 0 Å². The summed E-state index contributed by atoms with van der Waals surface area (Å²) in [5.41, 5.74) is 2.61. The van der Waals surface area contributed by atoms with Crippen LogP contribution in [0.4, 0.5) is 4.39 Å². The molecule has 3 aromatic rings. The van der Waals surface area contributed by atoms with E-state index < -0.39 is 0 Å². The third-order valence-corrected chi connectivity index (χ3v) is 4.00. The van der Waals surface area contributed by atoms with Crippen molar-refractivity contribution >= 4 is 0 Å². The Morgan fingerprint density at radius 2 is 1.69 bits per heavy atom. The van der Waals surface area contributed by atoms with Gasteiger partial charge in [0.25, 0.3) is 0 Å². The predicted molar refractivity (Wildman–Crippen MR) is 98.5 cm³/mol. The maximum absolute atomic E-state index is 13.8. The van der Waals surface area contributed by atoms with Crippen molar-refractivity contribution in [2.45, 2.75) is 19.7 Å². The standard InChI is InChI=1S/C21H21FN2O2/c1-25-20-8-4-6-17(14-24-13-16-9-11-23-12-10-16)21(20)26-15-18-5-2-3-7-19(18)22/h2-12,24H,13-15H2,1H3. The molecule has 0 aliphatic carbocycles. The molecule has 0 bridgehead atoms. The van der Waals surface area contributed by atoms with Crippen LogP contribution in [0.25, 0.3) is 0 Å². The Labute approximate surface area is 152 Å². The van der Waals surface area contributed by atoms with E-state index in [2.05, 4.69) is 10.3 Å². The minimum atomic E-state index is -0.278. The van der Waals surface area contributed by atoms with Crippen molar-refractivity contribution in [2.75, 3.05) is 7.11 Å².